The number of aromatic nitrogens is 2. The van der Waals surface area contributed by atoms with Gasteiger partial charge in [-0.3, -0.25) is 0 Å². The molecule has 7 heteroatoms. The lowest BCUT2D eigenvalue weighted by molar-refractivity contribution is -0.577. The van der Waals surface area contributed by atoms with Crippen molar-refractivity contribution >= 4 is 23.3 Å². The van der Waals surface area contributed by atoms with Crippen LogP contribution >= 0.6 is 0 Å². The van der Waals surface area contributed by atoms with E-state index in [1.165, 1.54) is 29.7 Å². The molecule has 0 aliphatic heterocycles. The molecule has 0 amide bonds. The maximum atomic E-state index is 12.1. The van der Waals surface area contributed by atoms with Crippen molar-refractivity contribution in [3.05, 3.63) is 71.0 Å². The average Bonchev–Trinajstić information content (AvgIpc) is 3.19. The molecule has 2 radical (unpaired) electrons. The van der Waals surface area contributed by atoms with Gasteiger partial charge in [0.05, 0.1) is 6.26 Å². The quantitative estimate of drug-likeness (QED) is 0.293. The van der Waals surface area contributed by atoms with Gasteiger partial charge in [0, 0.05) is 35.5 Å². The fourth-order valence-corrected chi connectivity index (χ4v) is 4.87. The Morgan fingerprint density at radius 3 is 1.60 bits per heavy atom. The first-order valence-corrected chi connectivity index (χ1v) is 14.3. The first kappa shape index (κ1) is 27.2. The van der Waals surface area contributed by atoms with Crippen molar-refractivity contribution in [1.82, 2.24) is 4.57 Å². The summed E-state index contributed by atoms with van der Waals surface area (Å²) in [7, 11) is -2.31. The van der Waals surface area contributed by atoms with Crippen molar-refractivity contribution in [3.63, 3.8) is 0 Å². The van der Waals surface area contributed by atoms with Crippen molar-refractivity contribution < 1.29 is 17.1 Å². The predicted molar refractivity (Wildman–Crippen MR) is 145 cm³/mol. The minimum absolute atomic E-state index is 0.289. The molecule has 0 atom stereocenters. The number of benzene rings is 2. The van der Waals surface area contributed by atoms with Gasteiger partial charge >= 0.3 is 0 Å². The Morgan fingerprint density at radius 1 is 0.771 bits per heavy atom. The van der Waals surface area contributed by atoms with Gasteiger partial charge < -0.3 is 4.10 Å². The summed E-state index contributed by atoms with van der Waals surface area (Å²) < 4.78 is 33.6. The Kier molecular flexibility index (Phi) is 8.33. The van der Waals surface area contributed by atoms with Crippen LogP contribution in [0.4, 0.5) is 0 Å². The molecule has 1 heterocycles. The zero-order valence-corrected chi connectivity index (χ0v) is 23.3. The highest BCUT2D eigenvalue weighted by Gasteiger charge is 2.25. The summed E-state index contributed by atoms with van der Waals surface area (Å²) >= 11 is 0. The molecule has 0 bridgehead atoms. The molecule has 188 valence electrons. The van der Waals surface area contributed by atoms with Gasteiger partial charge in [-0.2, -0.15) is 0 Å². The van der Waals surface area contributed by atoms with E-state index in [1.54, 1.807) is 0 Å². The summed E-state index contributed by atoms with van der Waals surface area (Å²) in [4.78, 5) is 0. The van der Waals surface area contributed by atoms with Crippen molar-refractivity contribution in [3.8, 4) is 11.4 Å². The van der Waals surface area contributed by atoms with Crippen molar-refractivity contribution in [1.29, 1.82) is 0 Å². The molecule has 2 aromatic carbocycles. The van der Waals surface area contributed by atoms with Crippen LogP contribution in [0.2, 0.25) is 0 Å². The summed E-state index contributed by atoms with van der Waals surface area (Å²) in [5.74, 6) is 1.16. The third kappa shape index (κ3) is 5.89. The van der Waals surface area contributed by atoms with Crippen LogP contribution in [0, 0.1) is 0 Å². The molecule has 0 unspecified atom stereocenters. The largest absolute Gasteiger partial charge is 0.546 e. The zero-order valence-electron chi connectivity index (χ0n) is 22.5. The number of para-hydroxylation sites is 2. The topological polar surface area (TPSA) is 52.2 Å². The van der Waals surface area contributed by atoms with E-state index in [2.05, 4.69) is 101 Å². The maximum Gasteiger partial charge on any atom is 0.218 e. The van der Waals surface area contributed by atoms with Crippen LogP contribution in [0.5, 0.6) is 0 Å². The van der Waals surface area contributed by atoms with E-state index in [0.29, 0.717) is 5.72 Å². The number of imidazole rings is 1. The summed E-state index contributed by atoms with van der Waals surface area (Å²) in [5.41, 5.74) is 7.62. The summed E-state index contributed by atoms with van der Waals surface area (Å²) in [6.07, 6.45) is 5.11. The molecule has 3 aromatic rings. The van der Waals surface area contributed by atoms with Crippen LogP contribution < -0.4 is 10.3 Å². The molecule has 0 aliphatic rings. The molecule has 5 nitrogen and oxygen atoms in total. The highest BCUT2D eigenvalue weighted by atomic mass is 32.2. The first-order valence-electron chi connectivity index (χ1n) is 12.4. The third-order valence-electron chi connectivity index (χ3n) is 6.35. The van der Waals surface area contributed by atoms with Crippen LogP contribution in [0.15, 0.2) is 48.8 Å². The van der Waals surface area contributed by atoms with Crippen LogP contribution in [-0.4, -0.2) is 26.7 Å². The van der Waals surface area contributed by atoms with Crippen LogP contribution in [0.3, 0.4) is 0 Å². The lowest BCUT2D eigenvalue weighted by Crippen LogP contribution is -2.53. The minimum Gasteiger partial charge on any atom is -0.546 e. The standard InChI is InChI=1S/C28H39BN2O3S/c1-18(2)22-12-10-13-23(19(3)4)26(22)30-16-17-31(28(30)29-34-35(9,32)33)27-24(20(5)6)14-11-15-25(27)21(7)8/h10-21H,1-9H3. The normalized spacial score (nSPS) is 12.5. The van der Waals surface area contributed by atoms with E-state index >= 15 is 0 Å². The van der Waals surface area contributed by atoms with E-state index in [4.69, 9.17) is 4.10 Å². The van der Waals surface area contributed by atoms with E-state index in [1.807, 2.05) is 12.4 Å². The van der Waals surface area contributed by atoms with E-state index < -0.39 is 10.1 Å². The summed E-state index contributed by atoms with van der Waals surface area (Å²) in [5, 5.41) is 0. The SMILES string of the molecule is CC(C)c1cccc(C(C)C)c1-n1cc[n+](-c2c(C(C)C)cccc2C(C)C)c1[B-]OS(C)(=O)=O. The predicted octanol–water partition coefficient (Wildman–Crippen LogP) is 5.47. The Labute approximate surface area is 212 Å². The number of nitrogens with zero attached hydrogens (tertiary/aromatic N) is 2. The highest BCUT2D eigenvalue weighted by molar-refractivity contribution is 7.86. The Morgan fingerprint density at radius 2 is 1.20 bits per heavy atom. The molecule has 0 saturated heterocycles. The van der Waals surface area contributed by atoms with Gasteiger partial charge in [0.15, 0.2) is 0 Å². The molecular weight excluding hydrogens is 455 g/mol. The van der Waals surface area contributed by atoms with Gasteiger partial charge in [-0.05, 0) is 23.7 Å². The average molecular weight is 495 g/mol. The Hall–Kier alpha value is -2.38. The molecule has 0 spiro atoms. The fraction of sp³-hybridized carbons (Fsp3) is 0.464. The molecule has 0 saturated carbocycles. The molecule has 0 fully saturated rings. The second-order valence-electron chi connectivity index (χ2n) is 10.5. The molecule has 0 aliphatic carbocycles. The lowest BCUT2D eigenvalue weighted by Gasteiger charge is -2.24. The van der Waals surface area contributed by atoms with Gasteiger partial charge in [-0.25, -0.2) is 17.6 Å². The Bertz CT molecular complexity index is 1160. The lowest BCUT2D eigenvalue weighted by atomic mass is 9.90. The third-order valence-corrected chi connectivity index (χ3v) is 6.80. The molecule has 35 heavy (non-hydrogen) atoms. The van der Waals surface area contributed by atoms with Gasteiger partial charge in [0.25, 0.3) is 0 Å². The van der Waals surface area contributed by atoms with Crippen LogP contribution in [0.25, 0.3) is 11.4 Å². The van der Waals surface area contributed by atoms with Crippen molar-refractivity contribution in [2.24, 2.45) is 0 Å². The Balaban J connectivity index is 2.42. The monoisotopic (exact) mass is 494 g/mol. The molecule has 1 aromatic heterocycles. The van der Waals surface area contributed by atoms with Crippen molar-refractivity contribution in [2.75, 3.05) is 6.26 Å². The molecule has 3 rings (SSSR count). The second kappa shape index (κ2) is 10.7. The van der Waals surface area contributed by atoms with Crippen molar-refractivity contribution in [2.45, 2.75) is 79.1 Å². The van der Waals surface area contributed by atoms with Gasteiger partial charge in [-0.15, -0.1) is 0 Å². The van der Waals surface area contributed by atoms with E-state index in [-0.39, 0.29) is 23.7 Å². The second-order valence-corrected chi connectivity index (χ2v) is 12.1. The fourth-order valence-electron chi connectivity index (χ4n) is 4.60. The zero-order chi connectivity index (χ0) is 26.1. The van der Waals surface area contributed by atoms with Crippen LogP contribution in [0.1, 0.15) is 101 Å². The molecular formula is C28H39BN2O3S. The van der Waals surface area contributed by atoms with Gasteiger partial charge in [0.2, 0.25) is 10.1 Å². The smallest absolute Gasteiger partial charge is 0.218 e. The van der Waals surface area contributed by atoms with E-state index in [0.717, 1.165) is 17.6 Å². The van der Waals surface area contributed by atoms with Crippen LogP contribution in [-0.2, 0) is 14.2 Å². The van der Waals surface area contributed by atoms with Gasteiger partial charge in [0.1, 0.15) is 23.8 Å². The number of hydrogen-bond donors (Lipinski definition) is 0. The first-order chi connectivity index (χ1) is 16.3. The minimum atomic E-state index is -3.69. The highest BCUT2D eigenvalue weighted by Crippen LogP contribution is 2.31. The van der Waals surface area contributed by atoms with Gasteiger partial charge in [-0.1, -0.05) is 91.8 Å². The van der Waals surface area contributed by atoms with E-state index in [9.17, 15) is 8.42 Å². The summed E-state index contributed by atoms with van der Waals surface area (Å²) in [6, 6.07) is 12.8. The molecule has 0 N–H and O–H groups in total. The number of hydrogen-bond acceptors (Lipinski definition) is 3. The number of rotatable bonds is 9. The maximum absolute atomic E-state index is 12.1. The summed E-state index contributed by atoms with van der Waals surface area (Å²) in [6.45, 7) is 17.5.